The van der Waals surface area contributed by atoms with Crippen LogP contribution in [-0.2, 0) is 4.74 Å². The van der Waals surface area contributed by atoms with Crippen LogP contribution in [0.25, 0.3) is 0 Å². The number of hydrogen-bond donors (Lipinski definition) is 0. The van der Waals surface area contributed by atoms with Gasteiger partial charge in [0.1, 0.15) is 0 Å². The van der Waals surface area contributed by atoms with Crippen molar-refractivity contribution in [2.75, 3.05) is 0 Å². The molecule has 6 atom stereocenters. The first-order valence-corrected chi connectivity index (χ1v) is 8.72. The van der Waals surface area contributed by atoms with E-state index >= 15 is 0 Å². The van der Waals surface area contributed by atoms with Crippen molar-refractivity contribution in [2.24, 2.45) is 23.2 Å². The minimum Gasteiger partial charge on any atom is -0.364 e. The van der Waals surface area contributed by atoms with E-state index in [0.717, 1.165) is 24.2 Å². The summed E-state index contributed by atoms with van der Waals surface area (Å²) < 4.78 is 6.68. The first kappa shape index (κ1) is 15.3. The highest BCUT2D eigenvalue weighted by Crippen LogP contribution is 2.74. The summed E-state index contributed by atoms with van der Waals surface area (Å²) in [6, 6.07) is 0. The molecule has 0 spiro atoms. The van der Waals surface area contributed by atoms with Crippen LogP contribution < -0.4 is 0 Å². The normalized spacial score (nSPS) is 51.0. The van der Waals surface area contributed by atoms with Gasteiger partial charge in [0.25, 0.3) is 0 Å². The van der Waals surface area contributed by atoms with E-state index in [1.165, 1.54) is 31.3 Å². The van der Waals surface area contributed by atoms with Crippen molar-refractivity contribution in [2.45, 2.75) is 77.9 Å². The van der Waals surface area contributed by atoms with Gasteiger partial charge in [-0.15, -0.1) is 6.58 Å². The predicted molar refractivity (Wildman–Crippen MR) is 89.2 cm³/mol. The van der Waals surface area contributed by atoms with Gasteiger partial charge >= 0.3 is 0 Å². The molecule has 3 aliphatic rings. The lowest BCUT2D eigenvalue weighted by molar-refractivity contribution is -0.197. The lowest BCUT2D eigenvalue weighted by Crippen LogP contribution is -2.52. The Hall–Kier alpha value is -0.560. The summed E-state index contributed by atoms with van der Waals surface area (Å²) in [5.41, 5.74) is 1.91. The number of rotatable bonds is 4. The maximum Gasteiger partial charge on any atom is 0.0839 e. The highest BCUT2D eigenvalue weighted by Gasteiger charge is 2.72. The Labute approximate surface area is 130 Å². The second kappa shape index (κ2) is 4.72. The molecule has 2 aliphatic carbocycles. The molecule has 1 heterocycles. The van der Waals surface area contributed by atoms with Crippen molar-refractivity contribution in [3.63, 3.8) is 0 Å². The monoisotopic (exact) mass is 288 g/mol. The molecule has 2 saturated carbocycles. The van der Waals surface area contributed by atoms with Gasteiger partial charge in [0.15, 0.2) is 0 Å². The SMILES string of the molecule is C=CC1(C)CCC2C(C)(CCC=C(C)C)C3CC3C2(C)O1. The highest BCUT2D eigenvalue weighted by atomic mass is 16.5. The molecule has 1 nitrogen and oxygen atoms in total. The zero-order valence-corrected chi connectivity index (χ0v) is 14.5. The van der Waals surface area contributed by atoms with E-state index in [1.807, 2.05) is 6.08 Å². The zero-order chi connectivity index (χ0) is 15.5. The number of fused-ring (bicyclic) bond motifs is 3. The van der Waals surface area contributed by atoms with Crippen molar-refractivity contribution in [3.05, 3.63) is 24.3 Å². The van der Waals surface area contributed by atoms with E-state index in [2.05, 4.69) is 47.3 Å². The first-order chi connectivity index (χ1) is 9.75. The molecule has 0 aromatic rings. The van der Waals surface area contributed by atoms with Gasteiger partial charge in [-0.05, 0) is 83.0 Å². The molecule has 0 N–H and O–H groups in total. The predicted octanol–water partition coefficient (Wildman–Crippen LogP) is 5.52. The molecule has 1 saturated heterocycles. The molecule has 3 fully saturated rings. The fourth-order valence-electron chi connectivity index (χ4n) is 5.65. The summed E-state index contributed by atoms with van der Waals surface area (Å²) in [5, 5.41) is 0. The Morgan fingerprint density at radius 1 is 1.24 bits per heavy atom. The molecule has 1 aliphatic heterocycles. The molecule has 1 heteroatoms. The molecular weight excluding hydrogens is 256 g/mol. The lowest BCUT2D eigenvalue weighted by Gasteiger charge is -2.51. The van der Waals surface area contributed by atoms with E-state index in [1.54, 1.807) is 0 Å². The van der Waals surface area contributed by atoms with E-state index in [9.17, 15) is 0 Å². The van der Waals surface area contributed by atoms with Crippen molar-refractivity contribution in [3.8, 4) is 0 Å². The standard InChI is InChI=1S/C20H32O/c1-7-18(4)12-10-17-19(5,11-8-9-14(2)3)15-13-16(15)20(17,6)21-18/h7,9,15-17H,1,8,10-13H2,2-6H3. The minimum atomic E-state index is -0.108. The summed E-state index contributed by atoms with van der Waals surface area (Å²) in [4.78, 5) is 0. The van der Waals surface area contributed by atoms with Gasteiger partial charge in [0, 0.05) is 0 Å². The molecule has 118 valence electrons. The Balaban J connectivity index is 1.81. The Kier molecular flexibility index (Phi) is 3.44. The molecule has 0 aromatic heterocycles. The van der Waals surface area contributed by atoms with E-state index < -0.39 is 0 Å². The van der Waals surface area contributed by atoms with Crippen LogP contribution in [0.5, 0.6) is 0 Å². The van der Waals surface area contributed by atoms with Gasteiger partial charge < -0.3 is 4.74 Å². The summed E-state index contributed by atoms with van der Waals surface area (Å²) in [7, 11) is 0. The van der Waals surface area contributed by atoms with Gasteiger partial charge in [-0.2, -0.15) is 0 Å². The molecular formula is C20H32O. The van der Waals surface area contributed by atoms with Gasteiger partial charge in [0.05, 0.1) is 11.2 Å². The maximum absolute atomic E-state index is 6.68. The minimum absolute atomic E-state index is 0.0889. The van der Waals surface area contributed by atoms with Gasteiger partial charge in [-0.1, -0.05) is 24.6 Å². The van der Waals surface area contributed by atoms with Crippen LogP contribution in [0.15, 0.2) is 24.3 Å². The second-order valence-electron chi connectivity index (χ2n) is 8.67. The third kappa shape index (κ3) is 2.23. The highest BCUT2D eigenvalue weighted by molar-refractivity contribution is 5.23. The van der Waals surface area contributed by atoms with Gasteiger partial charge in [-0.25, -0.2) is 0 Å². The van der Waals surface area contributed by atoms with Crippen LogP contribution in [0, 0.1) is 23.2 Å². The largest absolute Gasteiger partial charge is 0.364 e. The van der Waals surface area contributed by atoms with Crippen molar-refractivity contribution >= 4 is 0 Å². The molecule has 0 radical (unpaired) electrons. The molecule has 21 heavy (non-hydrogen) atoms. The average Bonchev–Trinajstić information content (AvgIpc) is 3.16. The molecule has 6 unspecified atom stereocenters. The van der Waals surface area contributed by atoms with Crippen LogP contribution in [-0.4, -0.2) is 11.2 Å². The zero-order valence-electron chi connectivity index (χ0n) is 14.5. The smallest absolute Gasteiger partial charge is 0.0839 e. The maximum atomic E-state index is 6.68. The molecule has 0 amide bonds. The lowest BCUT2D eigenvalue weighted by atomic mass is 9.64. The Morgan fingerprint density at radius 2 is 1.95 bits per heavy atom. The van der Waals surface area contributed by atoms with Crippen LogP contribution >= 0.6 is 0 Å². The number of hydrogen-bond acceptors (Lipinski definition) is 1. The van der Waals surface area contributed by atoms with Crippen molar-refractivity contribution in [1.29, 1.82) is 0 Å². The number of allylic oxidation sites excluding steroid dienone is 2. The third-order valence-electron chi connectivity index (χ3n) is 6.91. The summed E-state index contributed by atoms with van der Waals surface area (Å²) in [6.07, 6.45) is 10.8. The van der Waals surface area contributed by atoms with Crippen LogP contribution in [0.2, 0.25) is 0 Å². The average molecular weight is 288 g/mol. The molecule has 0 bridgehead atoms. The third-order valence-corrected chi connectivity index (χ3v) is 6.91. The van der Waals surface area contributed by atoms with E-state index in [-0.39, 0.29) is 11.2 Å². The second-order valence-corrected chi connectivity index (χ2v) is 8.67. The molecule has 3 rings (SSSR count). The quantitative estimate of drug-likeness (QED) is 0.619. The Morgan fingerprint density at radius 3 is 2.57 bits per heavy atom. The van der Waals surface area contributed by atoms with Crippen LogP contribution in [0.3, 0.4) is 0 Å². The van der Waals surface area contributed by atoms with E-state index in [0.29, 0.717) is 5.41 Å². The number of ether oxygens (including phenoxy) is 1. The fraction of sp³-hybridized carbons (Fsp3) is 0.800. The topological polar surface area (TPSA) is 9.23 Å². The Bertz CT molecular complexity index is 474. The summed E-state index contributed by atoms with van der Waals surface area (Å²) in [6.45, 7) is 15.6. The van der Waals surface area contributed by atoms with E-state index in [4.69, 9.17) is 4.74 Å². The molecule has 0 aromatic carbocycles. The van der Waals surface area contributed by atoms with Crippen LogP contribution in [0.1, 0.15) is 66.7 Å². The van der Waals surface area contributed by atoms with Gasteiger partial charge in [-0.3, -0.25) is 0 Å². The summed E-state index contributed by atoms with van der Waals surface area (Å²) >= 11 is 0. The van der Waals surface area contributed by atoms with Gasteiger partial charge in [0.2, 0.25) is 0 Å². The van der Waals surface area contributed by atoms with Crippen LogP contribution in [0.4, 0.5) is 0 Å². The fourth-order valence-corrected chi connectivity index (χ4v) is 5.65. The van der Waals surface area contributed by atoms with Crippen molar-refractivity contribution < 1.29 is 4.74 Å². The first-order valence-electron chi connectivity index (χ1n) is 8.72. The summed E-state index contributed by atoms with van der Waals surface area (Å²) in [5.74, 6) is 2.41. The van der Waals surface area contributed by atoms with Crippen molar-refractivity contribution in [1.82, 2.24) is 0 Å².